The number of benzene rings is 2. The van der Waals surface area contributed by atoms with Gasteiger partial charge in [0.1, 0.15) is 5.82 Å². The number of nitrogens with zero attached hydrogens (tertiary/aromatic N) is 4. The number of amides is 2. The van der Waals surface area contributed by atoms with Gasteiger partial charge in [-0.1, -0.05) is 47.5 Å². The lowest BCUT2D eigenvalue weighted by molar-refractivity contribution is 0.189. The molecule has 0 saturated carbocycles. The van der Waals surface area contributed by atoms with Crippen molar-refractivity contribution in [1.82, 2.24) is 25.0 Å². The van der Waals surface area contributed by atoms with E-state index in [0.29, 0.717) is 29.7 Å². The average Bonchev–Trinajstić information content (AvgIpc) is 3.36. The first kappa shape index (κ1) is 20.7. The number of likely N-dealkylation sites (tertiary alicyclic amines) is 1. The molecule has 2 amide bonds. The molecule has 1 N–H and O–H groups in total. The first-order valence-corrected chi connectivity index (χ1v) is 10.7. The molecule has 30 heavy (non-hydrogen) atoms. The average molecular weight is 444 g/mol. The molecule has 0 spiro atoms. The summed E-state index contributed by atoms with van der Waals surface area (Å²) in [7, 11) is 0. The van der Waals surface area contributed by atoms with Gasteiger partial charge in [-0.05, 0) is 55.2 Å². The summed E-state index contributed by atoms with van der Waals surface area (Å²) in [6, 6.07) is 15.0. The number of aromatic nitrogens is 3. The van der Waals surface area contributed by atoms with Gasteiger partial charge in [-0.25, -0.2) is 4.79 Å². The fourth-order valence-corrected chi connectivity index (χ4v) is 4.02. The molecular weight excluding hydrogens is 421 g/mol. The van der Waals surface area contributed by atoms with Crippen LogP contribution in [-0.4, -0.2) is 32.2 Å². The van der Waals surface area contributed by atoms with E-state index in [9.17, 15) is 4.79 Å². The number of aryl methyl sites for hydroxylation is 1. The van der Waals surface area contributed by atoms with E-state index in [0.717, 1.165) is 35.6 Å². The zero-order chi connectivity index (χ0) is 21.1. The third-order valence-corrected chi connectivity index (χ3v) is 5.89. The maximum atomic E-state index is 12.9. The van der Waals surface area contributed by atoms with Crippen LogP contribution in [0.1, 0.15) is 41.7 Å². The van der Waals surface area contributed by atoms with Gasteiger partial charge >= 0.3 is 6.03 Å². The summed E-state index contributed by atoms with van der Waals surface area (Å²) in [6.45, 7) is 3.73. The molecule has 8 heteroatoms. The number of rotatable bonds is 5. The van der Waals surface area contributed by atoms with Crippen LogP contribution >= 0.6 is 23.2 Å². The zero-order valence-corrected chi connectivity index (χ0v) is 18.2. The van der Waals surface area contributed by atoms with Crippen LogP contribution in [0.25, 0.3) is 0 Å². The van der Waals surface area contributed by atoms with Gasteiger partial charge in [0.25, 0.3) is 0 Å². The van der Waals surface area contributed by atoms with Crippen molar-refractivity contribution in [3.8, 4) is 0 Å². The molecule has 0 aliphatic carbocycles. The topological polar surface area (TPSA) is 63.1 Å². The van der Waals surface area contributed by atoms with E-state index in [1.165, 1.54) is 0 Å². The largest absolute Gasteiger partial charge is 0.334 e. The van der Waals surface area contributed by atoms with Gasteiger partial charge in [0.2, 0.25) is 0 Å². The van der Waals surface area contributed by atoms with E-state index in [2.05, 4.69) is 20.1 Å². The lowest BCUT2D eigenvalue weighted by Crippen LogP contribution is -2.40. The Hall–Kier alpha value is -2.57. The second kappa shape index (κ2) is 9.06. The van der Waals surface area contributed by atoms with Crippen LogP contribution in [0.5, 0.6) is 0 Å². The molecule has 156 valence electrons. The van der Waals surface area contributed by atoms with Gasteiger partial charge in [-0.3, -0.25) is 0 Å². The predicted molar refractivity (Wildman–Crippen MR) is 118 cm³/mol. The lowest BCUT2D eigenvalue weighted by atomic mass is 10.2. The summed E-state index contributed by atoms with van der Waals surface area (Å²) in [5, 5.41) is 13.1. The van der Waals surface area contributed by atoms with Gasteiger partial charge < -0.3 is 14.8 Å². The number of halogens is 2. The number of hydrogen-bond donors (Lipinski definition) is 1. The van der Waals surface area contributed by atoms with E-state index < -0.39 is 0 Å². The maximum Gasteiger partial charge on any atom is 0.318 e. The Labute approximate surface area is 185 Å². The van der Waals surface area contributed by atoms with Gasteiger partial charge in [-0.15, -0.1) is 10.2 Å². The van der Waals surface area contributed by atoms with Crippen molar-refractivity contribution in [3.05, 3.63) is 81.4 Å². The monoisotopic (exact) mass is 443 g/mol. The molecule has 2 aromatic carbocycles. The molecule has 6 nitrogen and oxygen atoms in total. The summed E-state index contributed by atoms with van der Waals surface area (Å²) in [5.74, 6) is 1.65. The molecule has 0 bridgehead atoms. The zero-order valence-electron chi connectivity index (χ0n) is 16.7. The minimum atomic E-state index is -0.0938. The highest BCUT2D eigenvalue weighted by molar-refractivity contribution is 6.30. The Kier molecular flexibility index (Phi) is 6.25. The predicted octanol–water partition coefficient (Wildman–Crippen LogP) is 4.99. The first-order valence-electron chi connectivity index (χ1n) is 9.94. The normalized spacial score (nSPS) is 16.1. The van der Waals surface area contributed by atoms with Gasteiger partial charge in [-0.2, -0.15) is 0 Å². The Morgan fingerprint density at radius 1 is 1.03 bits per heavy atom. The van der Waals surface area contributed by atoms with Crippen LogP contribution in [0.4, 0.5) is 4.79 Å². The summed E-state index contributed by atoms with van der Waals surface area (Å²) < 4.78 is 2.08. The van der Waals surface area contributed by atoms with Crippen molar-refractivity contribution < 1.29 is 4.79 Å². The summed E-state index contributed by atoms with van der Waals surface area (Å²) in [4.78, 5) is 14.8. The van der Waals surface area contributed by atoms with Gasteiger partial charge in [0.15, 0.2) is 5.82 Å². The van der Waals surface area contributed by atoms with Gasteiger partial charge in [0.05, 0.1) is 12.6 Å². The first-order chi connectivity index (χ1) is 14.5. The Balaban J connectivity index is 1.48. The SMILES string of the molecule is Cc1nnc([C@H]2CCCN2C(=O)NCc2ccc(Cl)cc2)n1Cc1ccc(Cl)cc1. The fourth-order valence-electron chi connectivity index (χ4n) is 3.77. The Morgan fingerprint density at radius 2 is 1.67 bits per heavy atom. The molecule has 1 aliphatic heterocycles. The van der Waals surface area contributed by atoms with E-state index in [1.54, 1.807) is 0 Å². The standard InChI is InChI=1S/C22H23Cl2N5O/c1-15-26-27-21(29(15)14-17-6-10-19(24)11-7-17)20-3-2-12-28(20)22(30)25-13-16-4-8-18(23)9-5-16/h4-11,20H,2-3,12-14H2,1H3,(H,25,30)/t20-/m1/s1. The van der Waals surface area contributed by atoms with E-state index in [1.807, 2.05) is 60.4 Å². The van der Waals surface area contributed by atoms with Crippen LogP contribution in [0.3, 0.4) is 0 Å². The highest BCUT2D eigenvalue weighted by atomic mass is 35.5. The number of nitrogens with one attached hydrogen (secondary N) is 1. The third kappa shape index (κ3) is 4.60. The molecule has 1 aliphatic rings. The third-order valence-electron chi connectivity index (χ3n) is 5.39. The molecular formula is C22H23Cl2N5O. The lowest BCUT2D eigenvalue weighted by Gasteiger charge is -2.25. The van der Waals surface area contributed by atoms with E-state index in [-0.39, 0.29) is 12.1 Å². The smallest absolute Gasteiger partial charge is 0.318 e. The molecule has 1 fully saturated rings. The highest BCUT2D eigenvalue weighted by Crippen LogP contribution is 2.31. The van der Waals surface area contributed by atoms with E-state index >= 15 is 0 Å². The molecule has 1 atom stereocenters. The minimum absolute atomic E-state index is 0.0915. The van der Waals surface area contributed by atoms with Crippen molar-refractivity contribution in [2.75, 3.05) is 6.54 Å². The van der Waals surface area contributed by atoms with Gasteiger partial charge in [0, 0.05) is 23.1 Å². The molecule has 4 rings (SSSR count). The quantitative estimate of drug-likeness (QED) is 0.603. The Bertz CT molecular complexity index is 1020. The van der Waals surface area contributed by atoms with Crippen LogP contribution in [0, 0.1) is 6.92 Å². The number of carbonyl (C=O) groups is 1. The van der Waals surface area contributed by atoms with Crippen LogP contribution < -0.4 is 5.32 Å². The number of urea groups is 1. The van der Waals surface area contributed by atoms with Crippen molar-refractivity contribution in [2.24, 2.45) is 0 Å². The van der Waals surface area contributed by atoms with Crippen LogP contribution in [0.2, 0.25) is 10.0 Å². The molecule has 1 aromatic heterocycles. The maximum absolute atomic E-state index is 12.9. The van der Waals surface area contributed by atoms with Crippen LogP contribution in [-0.2, 0) is 13.1 Å². The molecule has 2 heterocycles. The second-order valence-corrected chi connectivity index (χ2v) is 8.33. The fraction of sp³-hybridized carbons (Fsp3) is 0.318. The van der Waals surface area contributed by atoms with Crippen molar-refractivity contribution >= 4 is 29.2 Å². The highest BCUT2D eigenvalue weighted by Gasteiger charge is 2.33. The van der Waals surface area contributed by atoms with Crippen LogP contribution in [0.15, 0.2) is 48.5 Å². The summed E-state index contributed by atoms with van der Waals surface area (Å²) in [6.07, 6.45) is 1.80. The van der Waals surface area contributed by atoms with Crippen molar-refractivity contribution in [1.29, 1.82) is 0 Å². The molecule has 0 radical (unpaired) electrons. The minimum Gasteiger partial charge on any atom is -0.334 e. The summed E-state index contributed by atoms with van der Waals surface area (Å²) >= 11 is 11.9. The van der Waals surface area contributed by atoms with Crippen molar-refractivity contribution in [2.45, 2.75) is 38.9 Å². The Morgan fingerprint density at radius 3 is 2.33 bits per heavy atom. The molecule has 1 saturated heterocycles. The van der Waals surface area contributed by atoms with E-state index in [4.69, 9.17) is 23.2 Å². The second-order valence-electron chi connectivity index (χ2n) is 7.45. The molecule has 3 aromatic rings. The number of carbonyl (C=O) groups excluding carboxylic acids is 1. The number of hydrogen-bond acceptors (Lipinski definition) is 3. The van der Waals surface area contributed by atoms with Crippen molar-refractivity contribution in [3.63, 3.8) is 0 Å². The molecule has 0 unspecified atom stereocenters. The summed E-state index contributed by atoms with van der Waals surface area (Å²) in [5.41, 5.74) is 2.12.